The van der Waals surface area contributed by atoms with E-state index >= 15 is 0 Å². The molecule has 2 aliphatic rings. The van der Waals surface area contributed by atoms with Gasteiger partial charge in [-0.25, -0.2) is 4.79 Å². The second-order valence-corrected chi connectivity index (χ2v) is 6.36. The molecule has 0 amide bonds. The number of anilines is 1. The zero-order chi connectivity index (χ0) is 16.7. The van der Waals surface area contributed by atoms with Crippen LogP contribution in [0.4, 0.5) is 5.69 Å². The van der Waals surface area contributed by atoms with Gasteiger partial charge in [-0.3, -0.25) is 0 Å². The van der Waals surface area contributed by atoms with Gasteiger partial charge in [0, 0.05) is 11.6 Å². The van der Waals surface area contributed by atoms with Gasteiger partial charge >= 0.3 is 5.97 Å². The maximum absolute atomic E-state index is 11.1. The molecule has 0 spiro atoms. The van der Waals surface area contributed by atoms with Gasteiger partial charge in [-0.15, -0.1) is 0 Å². The molecule has 3 atom stereocenters. The predicted molar refractivity (Wildman–Crippen MR) is 92.7 cm³/mol. The fraction of sp³-hybridized carbons (Fsp3) is 0.250. The lowest BCUT2D eigenvalue weighted by Gasteiger charge is -2.37. The molecule has 4 nitrogen and oxygen atoms in total. The number of hydrogen-bond donors (Lipinski definition) is 2. The summed E-state index contributed by atoms with van der Waals surface area (Å²) in [7, 11) is 1.69. The van der Waals surface area contributed by atoms with E-state index in [4.69, 9.17) is 9.84 Å². The molecular weight excluding hydrogens is 302 g/mol. The summed E-state index contributed by atoms with van der Waals surface area (Å²) in [4.78, 5) is 11.1. The molecule has 0 saturated heterocycles. The fourth-order valence-corrected chi connectivity index (χ4v) is 3.86. The van der Waals surface area contributed by atoms with Crippen LogP contribution in [0.1, 0.15) is 39.9 Å². The molecule has 0 radical (unpaired) electrons. The van der Waals surface area contributed by atoms with E-state index < -0.39 is 5.97 Å². The zero-order valence-corrected chi connectivity index (χ0v) is 13.4. The summed E-state index contributed by atoms with van der Waals surface area (Å²) in [5, 5.41) is 12.7. The summed E-state index contributed by atoms with van der Waals surface area (Å²) in [6, 6.07) is 13.5. The summed E-state index contributed by atoms with van der Waals surface area (Å²) in [5.41, 5.74) is 3.84. The van der Waals surface area contributed by atoms with Crippen LogP contribution in [-0.2, 0) is 0 Å². The molecule has 1 heterocycles. The second kappa shape index (κ2) is 5.71. The van der Waals surface area contributed by atoms with Crippen molar-refractivity contribution in [1.82, 2.24) is 0 Å². The van der Waals surface area contributed by atoms with Crippen molar-refractivity contribution in [2.75, 3.05) is 12.4 Å². The Morgan fingerprint density at radius 3 is 2.71 bits per heavy atom. The maximum atomic E-state index is 11.1. The minimum atomic E-state index is -0.893. The van der Waals surface area contributed by atoms with Gasteiger partial charge in [0.25, 0.3) is 0 Å². The first-order valence-corrected chi connectivity index (χ1v) is 8.12. The molecule has 3 unspecified atom stereocenters. The lowest BCUT2D eigenvalue weighted by molar-refractivity contribution is 0.0697. The quantitative estimate of drug-likeness (QED) is 0.831. The van der Waals surface area contributed by atoms with Crippen LogP contribution < -0.4 is 10.1 Å². The highest BCUT2D eigenvalue weighted by molar-refractivity contribution is 5.87. The zero-order valence-electron chi connectivity index (χ0n) is 13.4. The number of ether oxygens (including phenoxy) is 1. The van der Waals surface area contributed by atoms with E-state index in [0.717, 1.165) is 23.4 Å². The third kappa shape index (κ3) is 2.35. The normalized spacial score (nSPS) is 24.0. The van der Waals surface area contributed by atoms with Crippen molar-refractivity contribution < 1.29 is 14.6 Å². The van der Waals surface area contributed by atoms with E-state index in [1.165, 1.54) is 5.56 Å². The van der Waals surface area contributed by atoms with E-state index in [2.05, 4.69) is 29.6 Å². The molecule has 2 aromatic carbocycles. The van der Waals surface area contributed by atoms with E-state index in [1.807, 2.05) is 18.2 Å². The molecule has 4 rings (SSSR count). The minimum absolute atomic E-state index is 0.175. The van der Waals surface area contributed by atoms with Gasteiger partial charge in [-0.2, -0.15) is 0 Å². The number of nitrogens with one attached hydrogen (secondary N) is 1. The molecule has 0 fully saturated rings. The van der Waals surface area contributed by atoms with Crippen molar-refractivity contribution in [3.63, 3.8) is 0 Å². The number of carboxylic acids is 1. The Labute approximate surface area is 140 Å². The van der Waals surface area contributed by atoms with Gasteiger partial charge in [0.15, 0.2) is 0 Å². The van der Waals surface area contributed by atoms with Crippen molar-refractivity contribution in [1.29, 1.82) is 0 Å². The number of allylic oxidation sites excluding steroid dienone is 2. The Balaban J connectivity index is 1.71. The number of fused-ring (bicyclic) bond motifs is 3. The summed E-state index contributed by atoms with van der Waals surface area (Å²) in [5.74, 6) is 0.774. The highest BCUT2D eigenvalue weighted by Crippen LogP contribution is 2.50. The molecular formula is C20H19NO3. The van der Waals surface area contributed by atoms with Crippen LogP contribution in [-0.4, -0.2) is 18.2 Å². The van der Waals surface area contributed by atoms with E-state index in [9.17, 15) is 4.79 Å². The first kappa shape index (κ1) is 14.8. The van der Waals surface area contributed by atoms with Gasteiger partial charge in [-0.1, -0.05) is 24.3 Å². The summed E-state index contributed by atoms with van der Waals surface area (Å²) in [6.45, 7) is 0. The van der Waals surface area contributed by atoms with Gasteiger partial charge < -0.3 is 15.2 Å². The minimum Gasteiger partial charge on any atom is -0.497 e. The van der Waals surface area contributed by atoms with E-state index in [0.29, 0.717) is 17.4 Å². The van der Waals surface area contributed by atoms with Crippen LogP contribution in [0.5, 0.6) is 5.75 Å². The standard InChI is InChI=1S/C20H19NO3/c1-24-14-9-10-18-17(11-14)15-3-2-4-16(15)19(21-18)12-5-7-13(8-6-12)20(22)23/h2-3,5-11,15-16,19,21H,4H2,1H3,(H,22,23). The van der Waals surface area contributed by atoms with Crippen molar-refractivity contribution >= 4 is 11.7 Å². The Bertz CT molecular complexity index is 810. The molecule has 2 N–H and O–H groups in total. The van der Waals surface area contributed by atoms with Crippen molar-refractivity contribution in [2.24, 2.45) is 5.92 Å². The Kier molecular flexibility index (Phi) is 3.53. The number of carboxylic acid groups (broad SMARTS) is 1. The third-order valence-electron chi connectivity index (χ3n) is 5.09. The van der Waals surface area contributed by atoms with Gasteiger partial charge in [0.05, 0.1) is 18.7 Å². The molecule has 122 valence electrons. The van der Waals surface area contributed by atoms with Crippen LogP contribution in [0.2, 0.25) is 0 Å². The van der Waals surface area contributed by atoms with Crippen LogP contribution in [0.3, 0.4) is 0 Å². The first-order chi connectivity index (χ1) is 11.7. The molecule has 1 aliphatic carbocycles. The predicted octanol–water partition coefficient (Wildman–Crippen LogP) is 4.22. The van der Waals surface area contributed by atoms with Crippen LogP contribution in [0.25, 0.3) is 0 Å². The molecule has 0 bridgehead atoms. The number of methoxy groups -OCH3 is 1. The lowest BCUT2D eigenvalue weighted by atomic mass is 9.77. The molecule has 0 saturated carbocycles. The van der Waals surface area contributed by atoms with Crippen LogP contribution in [0.15, 0.2) is 54.6 Å². The average molecular weight is 321 g/mol. The van der Waals surface area contributed by atoms with Crippen molar-refractivity contribution in [2.45, 2.75) is 18.4 Å². The Morgan fingerprint density at radius 2 is 2.00 bits per heavy atom. The highest BCUT2D eigenvalue weighted by atomic mass is 16.5. The average Bonchev–Trinajstić information content (AvgIpc) is 3.10. The fourth-order valence-electron chi connectivity index (χ4n) is 3.86. The van der Waals surface area contributed by atoms with E-state index in [1.54, 1.807) is 19.2 Å². The SMILES string of the molecule is COc1ccc2c(c1)C1C=CCC1C(c1ccc(C(=O)O)cc1)N2. The molecule has 4 heteroatoms. The van der Waals surface area contributed by atoms with Crippen molar-refractivity contribution in [3.8, 4) is 5.75 Å². The molecule has 1 aliphatic heterocycles. The smallest absolute Gasteiger partial charge is 0.335 e. The first-order valence-electron chi connectivity index (χ1n) is 8.12. The lowest BCUT2D eigenvalue weighted by Crippen LogP contribution is -2.29. The molecule has 0 aromatic heterocycles. The number of aromatic carboxylic acids is 1. The molecule has 24 heavy (non-hydrogen) atoms. The monoisotopic (exact) mass is 321 g/mol. The molecule has 2 aromatic rings. The topological polar surface area (TPSA) is 58.6 Å². The largest absolute Gasteiger partial charge is 0.497 e. The Hall–Kier alpha value is -2.75. The second-order valence-electron chi connectivity index (χ2n) is 6.36. The number of hydrogen-bond acceptors (Lipinski definition) is 3. The number of benzene rings is 2. The van der Waals surface area contributed by atoms with E-state index in [-0.39, 0.29) is 6.04 Å². The van der Waals surface area contributed by atoms with Gasteiger partial charge in [0.1, 0.15) is 5.75 Å². The van der Waals surface area contributed by atoms with Crippen LogP contribution >= 0.6 is 0 Å². The van der Waals surface area contributed by atoms with Crippen LogP contribution in [0, 0.1) is 5.92 Å². The maximum Gasteiger partial charge on any atom is 0.335 e. The van der Waals surface area contributed by atoms with Gasteiger partial charge in [0.2, 0.25) is 0 Å². The third-order valence-corrected chi connectivity index (χ3v) is 5.09. The summed E-state index contributed by atoms with van der Waals surface area (Å²) < 4.78 is 5.37. The van der Waals surface area contributed by atoms with Crippen molar-refractivity contribution in [3.05, 3.63) is 71.3 Å². The summed E-state index contributed by atoms with van der Waals surface area (Å²) in [6.07, 6.45) is 5.53. The highest BCUT2D eigenvalue weighted by Gasteiger charge is 2.38. The number of carbonyl (C=O) groups is 1. The Morgan fingerprint density at radius 1 is 1.21 bits per heavy atom. The van der Waals surface area contributed by atoms with Gasteiger partial charge in [-0.05, 0) is 53.8 Å². The summed E-state index contributed by atoms with van der Waals surface area (Å²) >= 11 is 0. The number of rotatable bonds is 3.